The van der Waals surface area contributed by atoms with Crippen LogP contribution < -0.4 is 5.32 Å². The Kier molecular flexibility index (Phi) is 5.95. The van der Waals surface area contributed by atoms with Gasteiger partial charge in [0.2, 0.25) is 0 Å². The molecule has 1 amide bonds. The van der Waals surface area contributed by atoms with Crippen LogP contribution in [0.15, 0.2) is 40.9 Å². The highest BCUT2D eigenvalue weighted by atomic mass is 35.5. The Labute approximate surface area is 182 Å². The van der Waals surface area contributed by atoms with Crippen molar-refractivity contribution >= 4 is 34.6 Å². The molecule has 7 nitrogen and oxygen atoms in total. The molecule has 164 valence electrons. The maximum atomic E-state index is 14.9. The number of carbonyl (C=O) groups is 1. The smallest absolute Gasteiger partial charge is 0.407 e. The summed E-state index contributed by atoms with van der Waals surface area (Å²) in [5.41, 5.74) is 1.66. The maximum absolute atomic E-state index is 14.9. The Morgan fingerprint density at radius 3 is 2.97 bits per heavy atom. The number of nitrogens with one attached hydrogen (secondary N) is 1. The van der Waals surface area contributed by atoms with E-state index >= 15 is 0 Å². The van der Waals surface area contributed by atoms with Crippen LogP contribution in [0.5, 0.6) is 0 Å². The molecule has 4 rings (SSSR count). The molecule has 1 aliphatic rings. The highest BCUT2D eigenvalue weighted by Gasteiger charge is 2.46. The number of halogens is 3. The molecule has 0 radical (unpaired) electrons. The number of amides is 1. The van der Waals surface area contributed by atoms with Gasteiger partial charge in [0.15, 0.2) is 22.8 Å². The van der Waals surface area contributed by atoms with E-state index in [0.717, 1.165) is 10.5 Å². The summed E-state index contributed by atoms with van der Waals surface area (Å²) < 4.78 is 35.5. The van der Waals surface area contributed by atoms with Crippen molar-refractivity contribution in [3.05, 3.63) is 53.0 Å². The molecule has 1 saturated heterocycles. The van der Waals surface area contributed by atoms with Crippen LogP contribution in [0.1, 0.15) is 30.7 Å². The summed E-state index contributed by atoms with van der Waals surface area (Å²) in [5.74, 6) is -2.70. The van der Waals surface area contributed by atoms with Gasteiger partial charge in [-0.2, -0.15) is 0 Å². The van der Waals surface area contributed by atoms with Gasteiger partial charge in [-0.3, -0.25) is 4.90 Å². The minimum atomic E-state index is -3.27. The van der Waals surface area contributed by atoms with Gasteiger partial charge in [0.1, 0.15) is 6.04 Å². The number of nitrogens with zero attached hydrogens (tertiary/aromatic N) is 3. The molecule has 0 spiro atoms. The fourth-order valence-electron chi connectivity index (χ4n) is 3.85. The lowest BCUT2D eigenvalue weighted by atomic mass is 9.97. The number of piperidine rings is 1. The molecule has 1 aliphatic heterocycles. The van der Waals surface area contributed by atoms with Gasteiger partial charge in [-0.05, 0) is 37.0 Å². The van der Waals surface area contributed by atoms with Crippen molar-refractivity contribution in [2.45, 2.75) is 37.6 Å². The van der Waals surface area contributed by atoms with Gasteiger partial charge in [-0.25, -0.2) is 23.5 Å². The first-order valence-corrected chi connectivity index (χ1v) is 10.3. The molecular weight excluding hydrogens is 430 g/mol. The number of oxazole rings is 1. The Morgan fingerprint density at radius 2 is 2.19 bits per heavy atom. The molecule has 3 heterocycles. The van der Waals surface area contributed by atoms with E-state index in [9.17, 15) is 18.7 Å². The number of rotatable bonds is 6. The van der Waals surface area contributed by atoms with E-state index in [4.69, 9.17) is 16.0 Å². The number of pyridine rings is 1. The van der Waals surface area contributed by atoms with Gasteiger partial charge in [-0.1, -0.05) is 23.7 Å². The van der Waals surface area contributed by atoms with Crippen LogP contribution in [0.3, 0.4) is 0 Å². The number of hydrogen-bond acceptors (Lipinski definition) is 5. The number of alkyl halides is 2. The standard InChI is InChI=1S/C21H21ClF2N4O3/c22-14-5-3-4-13(10-14)11-17-27-18-15(31-17)7-8-25-19(18)26-12-21(23,24)16-6-1-2-9-28(16)20(29)30/h3-5,7-8,10,16H,1-2,6,9,11-12H2,(H,25,26)(H,29,30). The number of likely N-dealkylation sites (tertiary alicyclic amines) is 1. The molecule has 1 fully saturated rings. The number of carboxylic acid groups (broad SMARTS) is 1. The average Bonchev–Trinajstić information content (AvgIpc) is 3.15. The molecular formula is C21H21ClF2N4O3. The number of hydrogen-bond donors (Lipinski definition) is 2. The topological polar surface area (TPSA) is 91.5 Å². The fourth-order valence-corrected chi connectivity index (χ4v) is 4.06. The summed E-state index contributed by atoms with van der Waals surface area (Å²) in [6.45, 7) is -0.649. The van der Waals surface area contributed by atoms with Crippen LogP contribution in [-0.4, -0.2) is 51.1 Å². The summed E-state index contributed by atoms with van der Waals surface area (Å²) in [6, 6.07) is 7.51. The van der Waals surface area contributed by atoms with Crippen LogP contribution in [0, 0.1) is 0 Å². The van der Waals surface area contributed by atoms with Crippen molar-refractivity contribution < 1.29 is 23.1 Å². The normalized spacial score (nSPS) is 17.1. The highest BCUT2D eigenvalue weighted by molar-refractivity contribution is 6.30. The molecule has 3 aromatic rings. The highest BCUT2D eigenvalue weighted by Crippen LogP contribution is 2.32. The van der Waals surface area contributed by atoms with Gasteiger partial charge < -0.3 is 14.8 Å². The zero-order valence-corrected chi connectivity index (χ0v) is 17.3. The molecule has 31 heavy (non-hydrogen) atoms. The summed E-state index contributed by atoms with van der Waals surface area (Å²) in [7, 11) is 0. The van der Waals surface area contributed by atoms with Crippen molar-refractivity contribution in [3.8, 4) is 0 Å². The lowest BCUT2D eigenvalue weighted by molar-refractivity contribution is -0.0754. The fraction of sp³-hybridized carbons (Fsp3) is 0.381. The SMILES string of the molecule is O=C(O)N1CCCCC1C(F)(F)CNc1nccc2oc(Cc3cccc(Cl)c3)nc12. The van der Waals surface area contributed by atoms with E-state index < -0.39 is 24.6 Å². The minimum Gasteiger partial charge on any atom is -0.465 e. The third-order valence-electron chi connectivity index (χ3n) is 5.32. The van der Waals surface area contributed by atoms with E-state index in [0.29, 0.717) is 41.3 Å². The molecule has 2 aromatic heterocycles. The molecule has 0 aliphatic carbocycles. The number of aromatic nitrogens is 2. The molecule has 1 atom stereocenters. The molecule has 1 aromatic carbocycles. The summed E-state index contributed by atoms with van der Waals surface area (Å²) in [5, 5.41) is 12.5. The van der Waals surface area contributed by atoms with Crippen molar-refractivity contribution in [1.82, 2.24) is 14.9 Å². The average molecular weight is 451 g/mol. The lowest BCUT2D eigenvalue weighted by Crippen LogP contribution is -2.55. The van der Waals surface area contributed by atoms with Crippen molar-refractivity contribution in [2.75, 3.05) is 18.4 Å². The first-order valence-electron chi connectivity index (χ1n) is 9.93. The van der Waals surface area contributed by atoms with Gasteiger partial charge in [0, 0.05) is 30.3 Å². The van der Waals surface area contributed by atoms with Gasteiger partial charge in [-0.15, -0.1) is 0 Å². The maximum Gasteiger partial charge on any atom is 0.407 e. The second kappa shape index (κ2) is 8.66. The quantitative estimate of drug-likeness (QED) is 0.546. The molecule has 0 bridgehead atoms. The molecule has 0 saturated carbocycles. The number of benzene rings is 1. The van der Waals surface area contributed by atoms with E-state index in [1.807, 2.05) is 12.1 Å². The molecule has 1 unspecified atom stereocenters. The van der Waals surface area contributed by atoms with E-state index in [2.05, 4.69) is 15.3 Å². The zero-order valence-electron chi connectivity index (χ0n) is 16.5. The van der Waals surface area contributed by atoms with Crippen molar-refractivity contribution in [3.63, 3.8) is 0 Å². The Hall–Kier alpha value is -2.94. The van der Waals surface area contributed by atoms with Crippen LogP contribution in [0.2, 0.25) is 5.02 Å². The van der Waals surface area contributed by atoms with Crippen molar-refractivity contribution in [2.24, 2.45) is 0 Å². The van der Waals surface area contributed by atoms with Crippen molar-refractivity contribution in [1.29, 1.82) is 0 Å². The summed E-state index contributed by atoms with van der Waals surface area (Å²) in [4.78, 5) is 20.7. The van der Waals surface area contributed by atoms with Gasteiger partial charge >= 0.3 is 6.09 Å². The first-order chi connectivity index (χ1) is 14.8. The molecule has 10 heteroatoms. The Morgan fingerprint density at radius 1 is 1.35 bits per heavy atom. The third kappa shape index (κ3) is 4.71. The number of anilines is 1. The lowest BCUT2D eigenvalue weighted by Gasteiger charge is -2.38. The monoisotopic (exact) mass is 450 g/mol. The number of fused-ring (bicyclic) bond motifs is 1. The van der Waals surface area contributed by atoms with E-state index in [-0.39, 0.29) is 18.8 Å². The summed E-state index contributed by atoms with van der Waals surface area (Å²) in [6.07, 6.45) is 1.77. The van der Waals surface area contributed by atoms with Gasteiger partial charge in [0.05, 0.1) is 6.54 Å². The van der Waals surface area contributed by atoms with Crippen LogP contribution in [0.4, 0.5) is 19.4 Å². The predicted molar refractivity (Wildman–Crippen MR) is 112 cm³/mol. The second-order valence-electron chi connectivity index (χ2n) is 7.52. The Balaban J connectivity index is 1.51. The molecule has 2 N–H and O–H groups in total. The zero-order chi connectivity index (χ0) is 22.0. The van der Waals surface area contributed by atoms with E-state index in [1.165, 1.54) is 6.20 Å². The summed E-state index contributed by atoms with van der Waals surface area (Å²) >= 11 is 6.01. The largest absolute Gasteiger partial charge is 0.465 e. The predicted octanol–water partition coefficient (Wildman–Crippen LogP) is 5.05. The van der Waals surface area contributed by atoms with Crippen LogP contribution in [-0.2, 0) is 6.42 Å². The van der Waals surface area contributed by atoms with E-state index in [1.54, 1.807) is 18.2 Å². The van der Waals surface area contributed by atoms with Crippen LogP contribution in [0.25, 0.3) is 11.1 Å². The van der Waals surface area contributed by atoms with Gasteiger partial charge in [0.25, 0.3) is 5.92 Å². The minimum absolute atomic E-state index is 0.111. The first kappa shape index (κ1) is 21.3. The third-order valence-corrected chi connectivity index (χ3v) is 5.56. The van der Waals surface area contributed by atoms with Crippen LogP contribution >= 0.6 is 11.6 Å². The Bertz CT molecular complexity index is 1090. The second-order valence-corrected chi connectivity index (χ2v) is 7.96.